The van der Waals surface area contributed by atoms with Gasteiger partial charge >= 0.3 is 17.9 Å². The highest BCUT2D eigenvalue weighted by Gasteiger charge is 2.28. The predicted octanol–water partition coefficient (Wildman–Crippen LogP) is -4.30. The SMILES string of the molecule is NC(=O)CC(NC(=O)CNC(=O)C(N)CC(=O)O)C(=O)NC(CCC(=O)O)C(=O)O. The first kappa shape index (κ1) is 26.2. The van der Waals surface area contributed by atoms with Crippen molar-refractivity contribution in [2.24, 2.45) is 11.5 Å². The van der Waals surface area contributed by atoms with Crippen molar-refractivity contribution in [2.75, 3.05) is 6.54 Å². The summed E-state index contributed by atoms with van der Waals surface area (Å²) in [5.41, 5.74) is 10.3. The van der Waals surface area contributed by atoms with E-state index in [2.05, 4.69) is 5.32 Å². The second kappa shape index (κ2) is 12.7. The molecular formula is C15H23N5O10. The molecule has 0 fully saturated rings. The van der Waals surface area contributed by atoms with Crippen LogP contribution in [0.25, 0.3) is 0 Å². The van der Waals surface area contributed by atoms with Crippen molar-refractivity contribution < 1.29 is 48.9 Å². The fourth-order valence-electron chi connectivity index (χ4n) is 2.03. The van der Waals surface area contributed by atoms with Crippen molar-refractivity contribution in [2.45, 2.75) is 43.8 Å². The van der Waals surface area contributed by atoms with Gasteiger partial charge in [-0.1, -0.05) is 0 Å². The Kier molecular flexibility index (Phi) is 11.1. The normalized spacial score (nSPS) is 13.2. The van der Waals surface area contributed by atoms with Gasteiger partial charge < -0.3 is 42.7 Å². The molecule has 4 amide bonds. The van der Waals surface area contributed by atoms with E-state index in [4.69, 9.17) is 26.8 Å². The third kappa shape index (κ3) is 11.2. The van der Waals surface area contributed by atoms with Gasteiger partial charge in [-0.05, 0) is 6.42 Å². The maximum Gasteiger partial charge on any atom is 0.326 e. The van der Waals surface area contributed by atoms with Crippen LogP contribution < -0.4 is 27.4 Å². The van der Waals surface area contributed by atoms with E-state index >= 15 is 0 Å². The summed E-state index contributed by atoms with van der Waals surface area (Å²) in [5.74, 6) is -8.24. The molecule has 0 saturated carbocycles. The number of carboxylic acids is 3. The van der Waals surface area contributed by atoms with E-state index in [1.165, 1.54) is 0 Å². The number of rotatable bonds is 14. The van der Waals surface area contributed by atoms with Gasteiger partial charge in [-0.15, -0.1) is 0 Å². The Hall–Kier alpha value is -3.75. The third-order valence-electron chi connectivity index (χ3n) is 3.47. The summed E-state index contributed by atoms with van der Waals surface area (Å²) < 4.78 is 0. The standard InChI is InChI=1S/C15H23N5O10/c16-6(3-12(25)26)13(27)18-5-10(22)19-8(4-9(17)21)14(28)20-7(15(29)30)1-2-11(23)24/h6-8H,1-5,16H2,(H2,17,21)(H,18,27)(H,19,22)(H,20,28)(H,23,24)(H,25,26)(H,29,30). The van der Waals surface area contributed by atoms with E-state index in [0.29, 0.717) is 0 Å². The van der Waals surface area contributed by atoms with E-state index in [0.717, 1.165) is 0 Å². The molecular weight excluding hydrogens is 410 g/mol. The zero-order valence-electron chi connectivity index (χ0n) is 15.6. The van der Waals surface area contributed by atoms with Gasteiger partial charge in [0, 0.05) is 6.42 Å². The minimum atomic E-state index is -1.61. The fourth-order valence-corrected chi connectivity index (χ4v) is 2.03. The molecule has 15 heteroatoms. The Morgan fingerprint density at radius 3 is 1.87 bits per heavy atom. The van der Waals surface area contributed by atoms with Crippen LogP contribution in [-0.4, -0.2) is 81.5 Å². The minimum absolute atomic E-state index is 0.453. The summed E-state index contributed by atoms with van der Waals surface area (Å²) in [7, 11) is 0. The van der Waals surface area contributed by atoms with Gasteiger partial charge in [-0.3, -0.25) is 28.8 Å². The summed E-state index contributed by atoms with van der Waals surface area (Å²) in [6, 6.07) is -4.63. The highest BCUT2D eigenvalue weighted by atomic mass is 16.4. The van der Waals surface area contributed by atoms with Gasteiger partial charge in [0.15, 0.2) is 0 Å². The van der Waals surface area contributed by atoms with Crippen LogP contribution in [0.5, 0.6) is 0 Å². The smallest absolute Gasteiger partial charge is 0.326 e. The first-order valence-corrected chi connectivity index (χ1v) is 8.41. The first-order valence-electron chi connectivity index (χ1n) is 8.41. The zero-order valence-corrected chi connectivity index (χ0v) is 15.6. The number of hydrogen-bond acceptors (Lipinski definition) is 8. The summed E-state index contributed by atoms with van der Waals surface area (Å²) >= 11 is 0. The lowest BCUT2D eigenvalue weighted by atomic mass is 10.1. The van der Waals surface area contributed by atoms with Crippen molar-refractivity contribution in [1.82, 2.24) is 16.0 Å². The number of carbonyl (C=O) groups excluding carboxylic acids is 4. The average molecular weight is 433 g/mol. The monoisotopic (exact) mass is 433 g/mol. The second-order valence-electron chi connectivity index (χ2n) is 6.04. The third-order valence-corrected chi connectivity index (χ3v) is 3.47. The number of carboxylic acid groups (broad SMARTS) is 3. The molecule has 0 spiro atoms. The fraction of sp³-hybridized carbons (Fsp3) is 0.533. The summed E-state index contributed by atoms with van der Waals surface area (Å²) in [4.78, 5) is 79.1. The Bertz CT molecular complexity index is 710. The minimum Gasteiger partial charge on any atom is -0.481 e. The Morgan fingerprint density at radius 2 is 1.40 bits per heavy atom. The number of aliphatic carboxylic acids is 3. The second-order valence-corrected chi connectivity index (χ2v) is 6.04. The van der Waals surface area contributed by atoms with Crippen LogP contribution >= 0.6 is 0 Å². The lowest BCUT2D eigenvalue weighted by Gasteiger charge is -2.20. The average Bonchev–Trinajstić information content (AvgIpc) is 2.60. The number of nitrogens with one attached hydrogen (secondary N) is 3. The van der Waals surface area contributed by atoms with Gasteiger partial charge in [0.05, 0.1) is 25.4 Å². The van der Waals surface area contributed by atoms with Crippen LogP contribution in [0.4, 0.5) is 0 Å². The molecule has 0 bridgehead atoms. The molecule has 0 radical (unpaired) electrons. The van der Waals surface area contributed by atoms with Gasteiger partial charge in [-0.2, -0.15) is 0 Å². The molecule has 0 aromatic heterocycles. The van der Waals surface area contributed by atoms with Gasteiger partial charge in [-0.25, -0.2) is 4.79 Å². The van der Waals surface area contributed by atoms with Crippen LogP contribution in [0.15, 0.2) is 0 Å². The van der Waals surface area contributed by atoms with E-state index < -0.39 is 91.9 Å². The molecule has 0 rings (SSSR count). The van der Waals surface area contributed by atoms with Crippen molar-refractivity contribution in [3.63, 3.8) is 0 Å². The van der Waals surface area contributed by atoms with Crippen LogP contribution in [0.1, 0.15) is 25.7 Å². The maximum absolute atomic E-state index is 12.2. The molecule has 0 aromatic carbocycles. The van der Waals surface area contributed by atoms with Gasteiger partial charge in [0.25, 0.3) is 0 Å². The largest absolute Gasteiger partial charge is 0.481 e. The molecule has 0 aliphatic rings. The van der Waals surface area contributed by atoms with Gasteiger partial charge in [0.1, 0.15) is 12.1 Å². The van der Waals surface area contributed by atoms with Gasteiger partial charge in [0.2, 0.25) is 23.6 Å². The van der Waals surface area contributed by atoms with Crippen molar-refractivity contribution in [1.29, 1.82) is 0 Å². The van der Waals surface area contributed by atoms with E-state index in [1.54, 1.807) is 0 Å². The Balaban J connectivity index is 4.94. The van der Waals surface area contributed by atoms with E-state index in [1.807, 2.05) is 10.6 Å². The number of carbonyl (C=O) groups is 7. The van der Waals surface area contributed by atoms with Crippen LogP contribution in [-0.2, 0) is 33.6 Å². The van der Waals surface area contributed by atoms with E-state index in [-0.39, 0.29) is 0 Å². The molecule has 10 N–H and O–H groups in total. The van der Waals surface area contributed by atoms with Crippen molar-refractivity contribution >= 4 is 41.5 Å². The predicted molar refractivity (Wildman–Crippen MR) is 95.4 cm³/mol. The Labute approximate surface area is 169 Å². The zero-order chi connectivity index (χ0) is 23.4. The molecule has 3 atom stereocenters. The molecule has 0 aromatic rings. The number of primary amides is 1. The number of hydrogen-bond donors (Lipinski definition) is 8. The van der Waals surface area contributed by atoms with Crippen molar-refractivity contribution in [3.05, 3.63) is 0 Å². The molecule has 15 nitrogen and oxygen atoms in total. The Morgan fingerprint density at radius 1 is 0.800 bits per heavy atom. The molecule has 0 heterocycles. The summed E-state index contributed by atoms with van der Waals surface area (Å²) in [5, 5.41) is 32.3. The molecule has 3 unspecified atom stereocenters. The maximum atomic E-state index is 12.2. The lowest BCUT2D eigenvalue weighted by Crippen LogP contribution is -2.54. The first-order chi connectivity index (χ1) is 13.8. The molecule has 0 aliphatic heterocycles. The quantitative estimate of drug-likeness (QED) is 0.130. The lowest BCUT2D eigenvalue weighted by molar-refractivity contribution is -0.143. The highest BCUT2D eigenvalue weighted by molar-refractivity contribution is 5.95. The molecule has 168 valence electrons. The van der Waals surface area contributed by atoms with E-state index in [9.17, 15) is 33.6 Å². The topological polar surface area (TPSA) is 268 Å². The highest BCUT2D eigenvalue weighted by Crippen LogP contribution is 2.01. The van der Waals surface area contributed by atoms with Crippen LogP contribution in [0.2, 0.25) is 0 Å². The van der Waals surface area contributed by atoms with Crippen LogP contribution in [0, 0.1) is 0 Å². The number of amides is 4. The summed E-state index contributed by atoms with van der Waals surface area (Å²) in [6.07, 6.45) is -2.42. The van der Waals surface area contributed by atoms with Crippen molar-refractivity contribution in [3.8, 4) is 0 Å². The molecule has 0 aliphatic carbocycles. The summed E-state index contributed by atoms with van der Waals surface area (Å²) in [6.45, 7) is -0.726. The number of nitrogens with two attached hydrogens (primary N) is 2. The van der Waals surface area contributed by atoms with Crippen LogP contribution in [0.3, 0.4) is 0 Å². The molecule has 30 heavy (non-hydrogen) atoms. The molecule has 0 saturated heterocycles.